The Labute approximate surface area is 171 Å². The van der Waals surface area contributed by atoms with Crippen LogP contribution in [-0.4, -0.2) is 74.1 Å². The molecule has 2 aliphatic carbocycles. The minimum atomic E-state index is -3.38. The van der Waals surface area contributed by atoms with Crippen molar-refractivity contribution >= 4 is 16.1 Å². The van der Waals surface area contributed by atoms with Crippen molar-refractivity contribution in [1.29, 1.82) is 0 Å². The zero-order valence-corrected chi connectivity index (χ0v) is 17.6. The first kappa shape index (κ1) is 20.5. The highest BCUT2D eigenvalue weighted by atomic mass is 32.2. The highest BCUT2D eigenvalue weighted by Crippen LogP contribution is 2.61. The lowest BCUT2D eigenvalue weighted by atomic mass is 9.86. The molecule has 3 aliphatic rings. The van der Waals surface area contributed by atoms with Crippen molar-refractivity contribution < 1.29 is 22.7 Å². The van der Waals surface area contributed by atoms with Crippen LogP contribution in [0.25, 0.3) is 0 Å². The van der Waals surface area contributed by atoms with Crippen molar-refractivity contribution in [2.45, 2.75) is 55.7 Å². The van der Waals surface area contributed by atoms with E-state index in [-0.39, 0.29) is 30.2 Å². The maximum absolute atomic E-state index is 12.1. The van der Waals surface area contributed by atoms with Crippen molar-refractivity contribution in [1.82, 2.24) is 19.6 Å². The number of ether oxygens (including phenoxy) is 2. The van der Waals surface area contributed by atoms with Crippen molar-refractivity contribution in [3.63, 3.8) is 0 Å². The lowest BCUT2D eigenvalue weighted by Gasteiger charge is -2.31. The number of hydrogen-bond acceptors (Lipinski definition) is 7. The third-order valence-corrected chi connectivity index (χ3v) is 7.26. The van der Waals surface area contributed by atoms with E-state index >= 15 is 0 Å². The number of nitrogens with one attached hydrogen (secondary N) is 1. The Bertz CT molecular complexity index is 851. The predicted octanol–water partition coefficient (Wildman–Crippen LogP) is 1.06. The first-order valence-electron chi connectivity index (χ1n) is 10.0. The molecule has 2 heterocycles. The topological polar surface area (TPSA) is 111 Å². The van der Waals surface area contributed by atoms with E-state index in [1.54, 1.807) is 17.3 Å². The Hall–Kier alpha value is -1.78. The van der Waals surface area contributed by atoms with Gasteiger partial charge in [0.05, 0.1) is 32.1 Å². The summed E-state index contributed by atoms with van der Waals surface area (Å²) in [4.78, 5) is 22.6. The van der Waals surface area contributed by atoms with Gasteiger partial charge in [0.2, 0.25) is 10.0 Å². The molecule has 0 radical (unpaired) electrons. The molecular formula is C19H28N4O5S. The summed E-state index contributed by atoms with van der Waals surface area (Å²) in [6.07, 6.45) is 8.83. The maximum atomic E-state index is 12.1. The molecule has 0 unspecified atom stereocenters. The minimum absolute atomic E-state index is 0.0957. The fourth-order valence-electron chi connectivity index (χ4n) is 4.99. The van der Waals surface area contributed by atoms with Gasteiger partial charge in [-0.25, -0.2) is 27.9 Å². The molecule has 4 rings (SSSR count). The number of nitrogens with zero attached hydrogens (tertiary/aromatic N) is 3. The van der Waals surface area contributed by atoms with Gasteiger partial charge in [-0.3, -0.25) is 0 Å². The molecule has 1 aliphatic heterocycles. The largest absolute Gasteiger partial charge is 0.453 e. The highest BCUT2D eigenvalue weighted by Gasteiger charge is 2.59. The second-order valence-corrected chi connectivity index (χ2v) is 10.2. The average Bonchev–Trinajstić information content (AvgIpc) is 3.32. The van der Waals surface area contributed by atoms with Gasteiger partial charge in [-0.1, -0.05) is 0 Å². The molecule has 1 N–H and O–H groups in total. The molecule has 9 nitrogen and oxygen atoms in total. The Kier molecular flexibility index (Phi) is 5.52. The summed E-state index contributed by atoms with van der Waals surface area (Å²) in [5.41, 5.74) is 0.104. The fourth-order valence-corrected chi connectivity index (χ4v) is 5.82. The zero-order valence-electron chi connectivity index (χ0n) is 16.8. The van der Waals surface area contributed by atoms with Crippen LogP contribution >= 0.6 is 0 Å². The van der Waals surface area contributed by atoms with Gasteiger partial charge in [-0.05, 0) is 44.1 Å². The molecule has 10 heteroatoms. The molecule has 29 heavy (non-hydrogen) atoms. The number of aromatic nitrogens is 2. The summed E-state index contributed by atoms with van der Waals surface area (Å²) >= 11 is 0. The van der Waals surface area contributed by atoms with E-state index in [0.29, 0.717) is 18.9 Å². The van der Waals surface area contributed by atoms with Crippen LogP contribution in [0.4, 0.5) is 4.79 Å². The number of methoxy groups -OCH3 is 1. The van der Waals surface area contributed by atoms with E-state index in [4.69, 9.17) is 9.47 Å². The molecule has 0 spiro atoms. The van der Waals surface area contributed by atoms with Crippen molar-refractivity contribution in [2.75, 3.05) is 26.5 Å². The SMILES string of the molecule is COC(=O)N1CC[C@H](NS(C)(=O)=O)[C@@H]1CO[C@@H]1CC[C@]2(c3ncccn3)C[C@@H]2C1. The van der Waals surface area contributed by atoms with Crippen molar-refractivity contribution in [2.24, 2.45) is 5.92 Å². The number of carbonyl (C=O) groups is 1. The number of fused-ring (bicyclic) bond motifs is 1. The quantitative estimate of drug-likeness (QED) is 0.727. The van der Waals surface area contributed by atoms with Gasteiger partial charge in [0, 0.05) is 30.4 Å². The van der Waals surface area contributed by atoms with E-state index in [1.165, 1.54) is 7.11 Å². The van der Waals surface area contributed by atoms with Crippen LogP contribution in [0.15, 0.2) is 18.5 Å². The molecule has 2 saturated carbocycles. The second kappa shape index (κ2) is 7.81. The number of amides is 1. The minimum Gasteiger partial charge on any atom is -0.453 e. The van der Waals surface area contributed by atoms with Crippen LogP contribution in [0, 0.1) is 5.92 Å². The van der Waals surface area contributed by atoms with Crippen LogP contribution in [0.1, 0.15) is 37.9 Å². The number of carbonyl (C=O) groups excluding carboxylic acids is 1. The standard InChI is InChI=1S/C19H28N4O5S/c1-27-18(24)23-9-5-15(22-29(2,25)26)16(23)12-28-14-4-6-19(11-13(19)10-14)17-20-7-3-8-21-17/h3,7-8,13-16,22H,4-6,9-12H2,1-2H3/t13-,14+,15-,16-,19-/m0/s1. The summed E-state index contributed by atoms with van der Waals surface area (Å²) < 4.78 is 37.1. The van der Waals surface area contributed by atoms with Crippen LogP contribution in [0.5, 0.6) is 0 Å². The maximum Gasteiger partial charge on any atom is 0.409 e. The first-order valence-corrected chi connectivity index (χ1v) is 11.9. The first-order chi connectivity index (χ1) is 13.8. The van der Waals surface area contributed by atoms with E-state index in [0.717, 1.165) is 37.8 Å². The van der Waals surface area contributed by atoms with Gasteiger partial charge in [0.1, 0.15) is 5.82 Å². The average molecular weight is 425 g/mol. The molecule has 3 fully saturated rings. The molecule has 160 valence electrons. The molecule has 1 aromatic rings. The fraction of sp³-hybridized carbons (Fsp3) is 0.737. The Morgan fingerprint density at radius 2 is 2.10 bits per heavy atom. The zero-order chi connectivity index (χ0) is 20.6. The molecule has 1 amide bonds. The summed E-state index contributed by atoms with van der Waals surface area (Å²) in [5, 5.41) is 0. The monoisotopic (exact) mass is 424 g/mol. The summed E-state index contributed by atoms with van der Waals surface area (Å²) in [5.74, 6) is 1.46. The van der Waals surface area contributed by atoms with Gasteiger partial charge in [-0.2, -0.15) is 0 Å². The van der Waals surface area contributed by atoms with Gasteiger partial charge < -0.3 is 14.4 Å². The highest BCUT2D eigenvalue weighted by molar-refractivity contribution is 7.88. The van der Waals surface area contributed by atoms with Gasteiger partial charge in [0.25, 0.3) is 0 Å². The van der Waals surface area contributed by atoms with E-state index in [2.05, 4.69) is 14.7 Å². The Balaban J connectivity index is 1.36. The van der Waals surface area contributed by atoms with Gasteiger partial charge in [0.15, 0.2) is 0 Å². The van der Waals surface area contributed by atoms with E-state index in [9.17, 15) is 13.2 Å². The Morgan fingerprint density at radius 3 is 2.76 bits per heavy atom. The van der Waals surface area contributed by atoms with Gasteiger partial charge in [-0.15, -0.1) is 0 Å². The molecule has 0 bridgehead atoms. The predicted molar refractivity (Wildman–Crippen MR) is 105 cm³/mol. The molecule has 0 aromatic carbocycles. The van der Waals surface area contributed by atoms with Crippen LogP contribution < -0.4 is 4.72 Å². The molecule has 1 saturated heterocycles. The number of rotatable bonds is 6. The summed E-state index contributed by atoms with van der Waals surface area (Å²) in [7, 11) is -2.05. The summed E-state index contributed by atoms with van der Waals surface area (Å²) in [6.45, 7) is 0.726. The molecular weight excluding hydrogens is 396 g/mol. The van der Waals surface area contributed by atoms with Crippen LogP contribution in [0.2, 0.25) is 0 Å². The lowest BCUT2D eigenvalue weighted by molar-refractivity contribution is -0.00710. The van der Waals surface area contributed by atoms with Gasteiger partial charge >= 0.3 is 6.09 Å². The van der Waals surface area contributed by atoms with Crippen molar-refractivity contribution in [3.8, 4) is 0 Å². The second-order valence-electron chi connectivity index (χ2n) is 8.38. The Morgan fingerprint density at radius 1 is 1.34 bits per heavy atom. The van der Waals surface area contributed by atoms with Crippen LogP contribution in [-0.2, 0) is 24.9 Å². The molecule has 1 aromatic heterocycles. The number of sulfonamides is 1. The summed E-state index contributed by atoms with van der Waals surface area (Å²) in [6, 6.07) is 1.09. The lowest BCUT2D eigenvalue weighted by Crippen LogP contribution is -2.49. The third kappa shape index (κ3) is 4.24. The number of hydrogen-bond donors (Lipinski definition) is 1. The van der Waals surface area contributed by atoms with Crippen LogP contribution in [0.3, 0.4) is 0 Å². The number of likely N-dealkylation sites (tertiary alicyclic amines) is 1. The smallest absolute Gasteiger partial charge is 0.409 e. The van der Waals surface area contributed by atoms with E-state index in [1.807, 2.05) is 6.07 Å². The van der Waals surface area contributed by atoms with E-state index < -0.39 is 16.1 Å². The third-order valence-electron chi connectivity index (χ3n) is 6.53. The normalized spacial score (nSPS) is 33.9. The van der Waals surface area contributed by atoms with Crippen molar-refractivity contribution in [3.05, 3.63) is 24.3 Å². The molecule has 5 atom stereocenters.